The van der Waals surface area contributed by atoms with E-state index in [2.05, 4.69) is 4.98 Å². The standard InChI is InChI=1S/C27H41ClN2O6/c1-6-19-25(33)17(3)9-7-8-16(2)10-11-21(20(28)12-18-15-35-23(14-29)30-18)36-24(32)13-22(31)27(4,5)26(19)34/h10,12,15,17,19,21-22,25,31,33H,6-9,11,13-14,29H2,1-5H3/b16-10-,20-12-/t17-,19+,21-,22-,25-/m0/s1. The number of nitrogens with two attached hydrogens (primary N) is 1. The minimum absolute atomic E-state index is 0.0801. The number of nitrogens with zero attached hydrogens (tertiary/aromatic N) is 1. The molecule has 0 amide bonds. The second-order valence-corrected chi connectivity index (χ2v) is 10.8. The lowest BCUT2D eigenvalue weighted by Crippen LogP contribution is -2.46. The Balaban J connectivity index is 2.35. The van der Waals surface area contributed by atoms with Crippen molar-refractivity contribution in [3.05, 3.63) is 34.5 Å². The molecule has 1 aliphatic heterocycles. The van der Waals surface area contributed by atoms with Crippen molar-refractivity contribution in [3.8, 4) is 0 Å². The van der Waals surface area contributed by atoms with Gasteiger partial charge in [0.15, 0.2) is 0 Å². The summed E-state index contributed by atoms with van der Waals surface area (Å²) in [7, 11) is 0. The normalized spacial score (nSPS) is 31.0. The van der Waals surface area contributed by atoms with Crippen LogP contribution in [0.4, 0.5) is 0 Å². The molecule has 0 radical (unpaired) electrons. The van der Waals surface area contributed by atoms with Gasteiger partial charge in [0, 0.05) is 12.3 Å². The Hall–Kier alpha value is -2.00. The molecule has 0 unspecified atom stereocenters. The highest BCUT2D eigenvalue weighted by atomic mass is 35.5. The van der Waals surface area contributed by atoms with E-state index in [9.17, 15) is 19.8 Å². The molecule has 1 aromatic rings. The van der Waals surface area contributed by atoms with E-state index in [1.807, 2.05) is 26.8 Å². The number of hydrogen-bond donors (Lipinski definition) is 3. The van der Waals surface area contributed by atoms with Crippen molar-refractivity contribution in [2.75, 3.05) is 0 Å². The third kappa shape index (κ3) is 8.00. The van der Waals surface area contributed by atoms with Crippen LogP contribution in [0.15, 0.2) is 27.4 Å². The predicted octanol–water partition coefficient (Wildman–Crippen LogP) is 4.51. The summed E-state index contributed by atoms with van der Waals surface area (Å²) in [6.07, 6.45) is 4.85. The molecule has 1 aromatic heterocycles. The topological polar surface area (TPSA) is 136 Å². The van der Waals surface area contributed by atoms with E-state index in [1.54, 1.807) is 19.9 Å². The molecule has 0 saturated heterocycles. The molecule has 5 atom stereocenters. The fraction of sp³-hybridized carbons (Fsp3) is 0.667. The number of Topliss-reactive ketones (excluding diaryl/α,β-unsaturated/α-hetero) is 1. The summed E-state index contributed by atoms with van der Waals surface area (Å²) in [5.74, 6) is -1.29. The average Bonchev–Trinajstić information content (AvgIpc) is 3.28. The molecule has 2 rings (SSSR count). The van der Waals surface area contributed by atoms with Crippen LogP contribution in [0.5, 0.6) is 0 Å². The summed E-state index contributed by atoms with van der Waals surface area (Å²) in [4.78, 5) is 30.4. The Morgan fingerprint density at radius 3 is 2.64 bits per heavy atom. The summed E-state index contributed by atoms with van der Waals surface area (Å²) in [5, 5.41) is 22.1. The summed E-state index contributed by atoms with van der Waals surface area (Å²) in [6.45, 7) is 9.15. The molecule has 4 N–H and O–H groups in total. The maximum Gasteiger partial charge on any atom is 0.309 e. The smallest absolute Gasteiger partial charge is 0.309 e. The van der Waals surface area contributed by atoms with Gasteiger partial charge in [0.2, 0.25) is 5.89 Å². The number of ether oxygens (including phenoxy) is 1. The lowest BCUT2D eigenvalue weighted by atomic mass is 9.71. The van der Waals surface area contributed by atoms with Gasteiger partial charge in [-0.3, -0.25) is 9.59 Å². The number of halogens is 1. The lowest BCUT2D eigenvalue weighted by Gasteiger charge is -2.35. The van der Waals surface area contributed by atoms with Gasteiger partial charge in [0.05, 0.1) is 35.6 Å². The van der Waals surface area contributed by atoms with Crippen molar-refractivity contribution < 1.29 is 29.0 Å². The SMILES string of the molecule is CC[C@H]1C(=O)C(C)(C)[C@@H](O)CC(=O)O[C@H](/C(Cl)=C/c2coc(CN)n2)C/C=C(/C)CCC[C@H](C)[C@@H]1O. The number of allylic oxidation sites excluding steroid dienone is 1. The molecule has 9 heteroatoms. The summed E-state index contributed by atoms with van der Waals surface area (Å²) >= 11 is 6.54. The van der Waals surface area contributed by atoms with Gasteiger partial charge in [-0.05, 0) is 44.6 Å². The number of hydrogen-bond acceptors (Lipinski definition) is 8. The zero-order valence-corrected chi connectivity index (χ0v) is 22.8. The predicted molar refractivity (Wildman–Crippen MR) is 139 cm³/mol. The van der Waals surface area contributed by atoms with Crippen LogP contribution >= 0.6 is 11.6 Å². The van der Waals surface area contributed by atoms with Crippen LogP contribution in [-0.2, 0) is 20.9 Å². The highest BCUT2D eigenvalue weighted by Crippen LogP contribution is 2.34. The monoisotopic (exact) mass is 524 g/mol. The van der Waals surface area contributed by atoms with Crippen molar-refractivity contribution >= 4 is 29.4 Å². The van der Waals surface area contributed by atoms with Crippen molar-refractivity contribution in [2.45, 2.75) is 98.0 Å². The largest absolute Gasteiger partial charge is 0.456 e. The number of aliphatic hydroxyl groups is 2. The van der Waals surface area contributed by atoms with Crippen LogP contribution in [0.2, 0.25) is 0 Å². The number of aromatic nitrogens is 1. The third-order valence-electron chi connectivity index (χ3n) is 7.12. The fourth-order valence-corrected chi connectivity index (χ4v) is 4.71. The van der Waals surface area contributed by atoms with Crippen LogP contribution in [0.3, 0.4) is 0 Å². The van der Waals surface area contributed by atoms with E-state index in [4.69, 9.17) is 26.5 Å². The van der Waals surface area contributed by atoms with Gasteiger partial charge in [-0.2, -0.15) is 0 Å². The van der Waals surface area contributed by atoms with Gasteiger partial charge < -0.3 is 25.1 Å². The first kappa shape index (κ1) is 30.2. The van der Waals surface area contributed by atoms with E-state index in [-0.39, 0.29) is 29.7 Å². The van der Waals surface area contributed by atoms with Gasteiger partial charge in [0.25, 0.3) is 0 Å². The number of aliphatic hydroxyl groups excluding tert-OH is 2. The Labute approximate surface area is 218 Å². The van der Waals surface area contributed by atoms with Gasteiger partial charge in [0.1, 0.15) is 23.8 Å². The number of esters is 1. The Kier molecular flexibility index (Phi) is 11.3. The Morgan fingerprint density at radius 1 is 1.33 bits per heavy atom. The minimum atomic E-state index is -1.29. The van der Waals surface area contributed by atoms with E-state index >= 15 is 0 Å². The van der Waals surface area contributed by atoms with Crippen LogP contribution in [0.25, 0.3) is 6.08 Å². The van der Waals surface area contributed by atoms with Gasteiger partial charge in [-0.25, -0.2) is 4.98 Å². The lowest BCUT2D eigenvalue weighted by molar-refractivity contribution is -0.154. The van der Waals surface area contributed by atoms with E-state index in [1.165, 1.54) is 6.26 Å². The first-order valence-corrected chi connectivity index (χ1v) is 13.1. The average molecular weight is 525 g/mol. The first-order valence-electron chi connectivity index (χ1n) is 12.7. The number of carbonyl (C=O) groups excluding carboxylic acids is 2. The molecule has 0 aromatic carbocycles. The molecule has 2 heterocycles. The molecule has 8 nitrogen and oxygen atoms in total. The maximum atomic E-state index is 13.4. The van der Waals surface area contributed by atoms with Crippen molar-refractivity contribution in [3.63, 3.8) is 0 Å². The molecule has 1 aliphatic rings. The molecule has 202 valence electrons. The van der Waals surface area contributed by atoms with E-state index < -0.39 is 35.6 Å². The van der Waals surface area contributed by atoms with Crippen molar-refractivity contribution in [1.82, 2.24) is 4.98 Å². The van der Waals surface area contributed by atoms with Gasteiger partial charge >= 0.3 is 5.97 Å². The molecular weight excluding hydrogens is 484 g/mol. The van der Waals surface area contributed by atoms with Crippen LogP contribution in [-0.4, -0.2) is 45.3 Å². The van der Waals surface area contributed by atoms with Crippen molar-refractivity contribution in [1.29, 1.82) is 0 Å². The number of ketones is 1. The zero-order valence-electron chi connectivity index (χ0n) is 22.0. The van der Waals surface area contributed by atoms with Gasteiger partial charge in [-0.15, -0.1) is 0 Å². The number of cyclic esters (lactones) is 1. The molecular formula is C27H41ClN2O6. The number of carbonyl (C=O) groups is 2. The molecule has 36 heavy (non-hydrogen) atoms. The Morgan fingerprint density at radius 2 is 2.03 bits per heavy atom. The minimum Gasteiger partial charge on any atom is -0.456 e. The second-order valence-electron chi connectivity index (χ2n) is 10.3. The molecule has 0 fully saturated rings. The third-order valence-corrected chi connectivity index (χ3v) is 7.47. The van der Waals surface area contributed by atoms with Gasteiger partial charge in [-0.1, -0.05) is 50.9 Å². The number of rotatable bonds is 4. The summed E-state index contributed by atoms with van der Waals surface area (Å²) < 4.78 is 10.9. The fourth-order valence-electron chi connectivity index (χ4n) is 4.46. The van der Waals surface area contributed by atoms with Crippen LogP contribution < -0.4 is 5.73 Å². The first-order chi connectivity index (χ1) is 16.9. The quantitative estimate of drug-likeness (QED) is 0.386. The number of oxazole rings is 1. The Bertz CT molecular complexity index is 954. The molecule has 0 saturated carbocycles. The van der Waals surface area contributed by atoms with Crippen LogP contribution in [0, 0.1) is 17.3 Å². The maximum absolute atomic E-state index is 13.4. The zero-order chi connectivity index (χ0) is 27.0. The molecule has 0 spiro atoms. The van der Waals surface area contributed by atoms with Crippen LogP contribution in [0.1, 0.15) is 84.7 Å². The summed E-state index contributed by atoms with van der Waals surface area (Å²) in [6, 6.07) is 0. The molecule has 0 aliphatic carbocycles. The van der Waals surface area contributed by atoms with E-state index in [0.717, 1.165) is 24.8 Å². The highest BCUT2D eigenvalue weighted by molar-refractivity contribution is 6.32. The molecule has 0 bridgehead atoms. The second kappa shape index (κ2) is 13.5. The van der Waals surface area contributed by atoms with Crippen molar-refractivity contribution in [2.24, 2.45) is 23.0 Å². The highest BCUT2D eigenvalue weighted by Gasteiger charge is 2.43. The van der Waals surface area contributed by atoms with E-state index in [0.29, 0.717) is 24.4 Å². The summed E-state index contributed by atoms with van der Waals surface area (Å²) in [5.41, 5.74) is 5.85.